The average molecular weight is 314 g/mol. The van der Waals surface area contributed by atoms with Gasteiger partial charge < -0.3 is 9.47 Å². The highest BCUT2D eigenvalue weighted by Crippen LogP contribution is 2.93. The number of allylic oxidation sites excluding steroid dienone is 1. The van der Waals surface area contributed by atoms with Crippen LogP contribution < -0.4 is 0 Å². The SMILES string of the molecule is CC1(C)[C@H]2CC[C@]3(C)[C@@H]1[C@]31C(=O)C3=C(CC4(CC3)OCCO4)[C@H]21. The van der Waals surface area contributed by atoms with Crippen LogP contribution in [0.4, 0.5) is 0 Å². The van der Waals surface area contributed by atoms with Crippen LogP contribution in [0.3, 0.4) is 0 Å². The lowest BCUT2D eigenvalue weighted by Crippen LogP contribution is -2.41. The summed E-state index contributed by atoms with van der Waals surface area (Å²) < 4.78 is 12.0. The van der Waals surface area contributed by atoms with Crippen molar-refractivity contribution in [3.8, 4) is 0 Å². The molecule has 0 aromatic rings. The van der Waals surface area contributed by atoms with E-state index in [0.717, 1.165) is 19.3 Å². The standard InChI is InChI=1S/C20H26O3/c1-17(2)13-5-6-18(3)16(17)20(18)14(13)12-10-19(22-8-9-23-19)7-4-11(12)15(20)21/h13-14,16H,4-10H2,1-3H3/t13-,14+,16+,18+,20-/m0/s1. The molecule has 1 saturated heterocycles. The first-order valence-electron chi connectivity index (χ1n) is 9.43. The molecule has 0 aromatic heterocycles. The van der Waals surface area contributed by atoms with E-state index in [9.17, 15) is 4.79 Å². The zero-order valence-electron chi connectivity index (χ0n) is 14.4. The summed E-state index contributed by atoms with van der Waals surface area (Å²) in [6.45, 7) is 8.70. The number of ketones is 1. The molecule has 3 nitrogen and oxygen atoms in total. The zero-order chi connectivity index (χ0) is 15.8. The molecule has 2 spiro atoms. The Hall–Kier alpha value is -0.670. The van der Waals surface area contributed by atoms with Crippen molar-refractivity contribution in [1.82, 2.24) is 0 Å². The molecule has 0 amide bonds. The maximum absolute atomic E-state index is 13.5. The summed E-state index contributed by atoms with van der Waals surface area (Å²) in [6.07, 6.45) is 5.16. The van der Waals surface area contributed by atoms with E-state index in [-0.39, 0.29) is 10.8 Å². The van der Waals surface area contributed by atoms with Crippen LogP contribution in [0.15, 0.2) is 11.1 Å². The highest BCUT2D eigenvalue weighted by Gasteiger charge is 2.92. The van der Waals surface area contributed by atoms with Crippen molar-refractivity contribution in [2.24, 2.45) is 34.0 Å². The Morgan fingerprint density at radius 2 is 1.83 bits per heavy atom. The maximum Gasteiger partial charge on any atom is 0.172 e. The Morgan fingerprint density at radius 3 is 2.52 bits per heavy atom. The van der Waals surface area contributed by atoms with Crippen molar-refractivity contribution in [3.63, 3.8) is 0 Å². The Morgan fingerprint density at radius 1 is 1.09 bits per heavy atom. The summed E-state index contributed by atoms with van der Waals surface area (Å²) in [7, 11) is 0. The van der Waals surface area contributed by atoms with Crippen LogP contribution in [0.2, 0.25) is 0 Å². The molecular formula is C20H26O3. The number of hydrogen-bond acceptors (Lipinski definition) is 3. The van der Waals surface area contributed by atoms with Crippen LogP contribution in [0, 0.1) is 34.0 Å². The third kappa shape index (κ3) is 1.12. The molecule has 0 unspecified atom stereocenters. The number of Topliss-reactive ketones (excluding diaryl/α,β-unsaturated/α-hetero) is 1. The van der Waals surface area contributed by atoms with Gasteiger partial charge in [-0.2, -0.15) is 0 Å². The van der Waals surface area contributed by atoms with Gasteiger partial charge in [0, 0.05) is 18.3 Å². The average Bonchev–Trinajstić information content (AvgIpc) is 2.73. The number of fused-ring (bicyclic) bond motifs is 1. The van der Waals surface area contributed by atoms with E-state index < -0.39 is 5.79 Å². The van der Waals surface area contributed by atoms with E-state index in [1.54, 1.807) is 0 Å². The molecule has 0 aromatic carbocycles. The van der Waals surface area contributed by atoms with E-state index >= 15 is 0 Å². The van der Waals surface area contributed by atoms with Crippen molar-refractivity contribution >= 4 is 5.78 Å². The summed E-state index contributed by atoms with van der Waals surface area (Å²) in [5.41, 5.74) is 3.18. The molecule has 6 aliphatic carbocycles. The lowest BCUT2D eigenvalue weighted by atomic mass is 9.58. The first-order valence-corrected chi connectivity index (χ1v) is 9.43. The van der Waals surface area contributed by atoms with Crippen LogP contribution in [0.5, 0.6) is 0 Å². The molecule has 4 bridgehead atoms. The van der Waals surface area contributed by atoms with Gasteiger partial charge in [0.2, 0.25) is 0 Å². The van der Waals surface area contributed by atoms with E-state index in [1.807, 2.05) is 0 Å². The predicted octanol–water partition coefficient (Wildman–Crippen LogP) is 3.48. The monoisotopic (exact) mass is 314 g/mol. The van der Waals surface area contributed by atoms with E-state index in [0.29, 0.717) is 42.2 Å². The summed E-state index contributed by atoms with van der Waals surface area (Å²) in [6, 6.07) is 0. The minimum Gasteiger partial charge on any atom is -0.347 e. The largest absolute Gasteiger partial charge is 0.347 e. The molecule has 4 saturated carbocycles. The second kappa shape index (κ2) is 3.48. The number of carbonyl (C=O) groups is 1. The van der Waals surface area contributed by atoms with Crippen molar-refractivity contribution in [3.05, 3.63) is 11.1 Å². The second-order valence-corrected chi connectivity index (χ2v) is 9.78. The first kappa shape index (κ1) is 13.6. The maximum atomic E-state index is 13.5. The zero-order valence-corrected chi connectivity index (χ0v) is 14.4. The fraction of sp³-hybridized carbons (Fsp3) is 0.850. The van der Waals surface area contributed by atoms with Gasteiger partial charge in [-0.3, -0.25) is 4.79 Å². The summed E-state index contributed by atoms with van der Waals surface area (Å²) in [4.78, 5) is 13.5. The molecule has 0 N–H and O–H groups in total. The van der Waals surface area contributed by atoms with Crippen molar-refractivity contribution in [2.75, 3.05) is 13.2 Å². The Bertz CT molecular complexity index is 683. The van der Waals surface area contributed by atoms with Gasteiger partial charge in [0.1, 0.15) is 0 Å². The summed E-state index contributed by atoms with van der Waals surface area (Å²) in [5, 5.41) is 0. The minimum atomic E-state index is -0.401. The first-order chi connectivity index (χ1) is 10.9. The molecule has 5 fully saturated rings. The third-order valence-electron chi connectivity index (χ3n) is 8.96. The van der Waals surface area contributed by atoms with Gasteiger partial charge in [0.05, 0.1) is 13.2 Å². The van der Waals surface area contributed by atoms with Crippen LogP contribution in [0.1, 0.15) is 52.9 Å². The number of ether oxygens (including phenoxy) is 2. The molecule has 1 aliphatic heterocycles. The van der Waals surface area contributed by atoms with Crippen LogP contribution in [0.25, 0.3) is 0 Å². The van der Waals surface area contributed by atoms with Crippen molar-refractivity contribution < 1.29 is 14.3 Å². The fourth-order valence-electron chi connectivity index (χ4n) is 8.52. The highest BCUT2D eigenvalue weighted by molar-refractivity contribution is 6.08. The van der Waals surface area contributed by atoms with Gasteiger partial charge in [-0.15, -0.1) is 0 Å². The molecular weight excluding hydrogens is 288 g/mol. The van der Waals surface area contributed by atoms with Gasteiger partial charge in [-0.1, -0.05) is 26.3 Å². The summed E-state index contributed by atoms with van der Waals surface area (Å²) >= 11 is 0. The smallest absolute Gasteiger partial charge is 0.172 e. The van der Waals surface area contributed by atoms with E-state index in [4.69, 9.17) is 9.47 Å². The normalized spacial score (nSPS) is 53.7. The van der Waals surface area contributed by atoms with Crippen molar-refractivity contribution in [2.45, 2.75) is 58.7 Å². The third-order valence-corrected chi connectivity index (χ3v) is 8.96. The molecule has 0 radical (unpaired) electrons. The van der Waals surface area contributed by atoms with Gasteiger partial charge in [-0.05, 0) is 53.4 Å². The Labute approximate surface area is 137 Å². The van der Waals surface area contributed by atoms with Crippen LogP contribution in [-0.2, 0) is 14.3 Å². The lowest BCUT2D eigenvalue weighted by Gasteiger charge is -2.46. The van der Waals surface area contributed by atoms with Crippen molar-refractivity contribution in [1.29, 1.82) is 0 Å². The minimum absolute atomic E-state index is 0.0335. The van der Waals surface area contributed by atoms with Crippen LogP contribution >= 0.6 is 0 Å². The van der Waals surface area contributed by atoms with Gasteiger partial charge >= 0.3 is 0 Å². The van der Waals surface area contributed by atoms with Gasteiger partial charge in [0.25, 0.3) is 0 Å². The molecule has 23 heavy (non-hydrogen) atoms. The molecule has 3 heteroatoms. The van der Waals surface area contributed by atoms with Gasteiger partial charge in [0.15, 0.2) is 11.6 Å². The molecule has 5 atom stereocenters. The predicted molar refractivity (Wildman–Crippen MR) is 84.5 cm³/mol. The molecule has 7 rings (SSSR count). The number of hydrogen-bond donors (Lipinski definition) is 0. The molecule has 7 aliphatic rings. The fourth-order valence-corrected chi connectivity index (χ4v) is 8.52. The summed E-state index contributed by atoms with van der Waals surface area (Å²) in [5.74, 6) is 1.91. The lowest BCUT2D eigenvalue weighted by molar-refractivity contribution is -0.165. The Balaban J connectivity index is 1.51. The molecule has 124 valence electrons. The second-order valence-electron chi connectivity index (χ2n) is 9.78. The highest BCUT2D eigenvalue weighted by atomic mass is 16.7. The van der Waals surface area contributed by atoms with E-state index in [1.165, 1.54) is 24.0 Å². The molecule has 1 heterocycles. The topological polar surface area (TPSA) is 35.5 Å². The van der Waals surface area contributed by atoms with Crippen LogP contribution in [-0.4, -0.2) is 24.8 Å². The van der Waals surface area contributed by atoms with Gasteiger partial charge in [-0.25, -0.2) is 0 Å². The quantitative estimate of drug-likeness (QED) is 0.687. The Kier molecular flexibility index (Phi) is 2.06. The number of rotatable bonds is 0. The number of carbonyl (C=O) groups excluding carboxylic acids is 1. The van der Waals surface area contributed by atoms with E-state index in [2.05, 4.69) is 20.8 Å².